The van der Waals surface area contributed by atoms with Gasteiger partial charge in [-0.1, -0.05) is 24.3 Å². The zero-order valence-electron chi connectivity index (χ0n) is 11.9. The quantitative estimate of drug-likeness (QED) is 0.628. The summed E-state index contributed by atoms with van der Waals surface area (Å²) in [5.41, 5.74) is 0. The predicted octanol–water partition coefficient (Wildman–Crippen LogP) is 3.32. The zero-order valence-corrected chi connectivity index (χ0v) is 12.7. The van der Waals surface area contributed by atoms with E-state index in [1.54, 1.807) is 11.3 Å². The molecule has 1 aromatic carbocycles. The van der Waals surface area contributed by atoms with Crippen molar-refractivity contribution in [1.29, 1.82) is 0 Å². The second-order valence-electron chi connectivity index (χ2n) is 4.91. The standard InChI is InChI=1S/C17H15NO3S/c19-16-8-9-17(20)18(16)12-14(11-15-7-4-10-22-15)21-13-5-2-1-3-6-13/h1-7,10-11H,8-9,12H2/b14-11-. The number of carbonyl (C=O) groups excluding carboxylic acids is 2. The maximum absolute atomic E-state index is 11.8. The van der Waals surface area contributed by atoms with Crippen LogP contribution >= 0.6 is 11.3 Å². The highest BCUT2D eigenvalue weighted by Gasteiger charge is 2.29. The van der Waals surface area contributed by atoms with Crippen LogP contribution < -0.4 is 4.74 Å². The fraction of sp³-hybridized carbons (Fsp3) is 0.176. The summed E-state index contributed by atoms with van der Waals surface area (Å²) in [7, 11) is 0. The summed E-state index contributed by atoms with van der Waals surface area (Å²) in [6.07, 6.45) is 2.45. The number of hydrogen-bond acceptors (Lipinski definition) is 4. The number of para-hydroxylation sites is 1. The maximum Gasteiger partial charge on any atom is 0.230 e. The van der Waals surface area contributed by atoms with Crippen LogP contribution in [0.4, 0.5) is 0 Å². The third kappa shape index (κ3) is 3.43. The third-order valence-corrected chi connectivity index (χ3v) is 4.13. The number of carbonyl (C=O) groups is 2. The number of benzene rings is 1. The van der Waals surface area contributed by atoms with Gasteiger partial charge in [0.25, 0.3) is 0 Å². The van der Waals surface area contributed by atoms with Crippen LogP contribution in [0.25, 0.3) is 6.08 Å². The van der Waals surface area contributed by atoms with Crippen LogP contribution in [-0.4, -0.2) is 23.3 Å². The first-order chi connectivity index (χ1) is 10.7. The molecule has 0 aliphatic carbocycles. The summed E-state index contributed by atoms with van der Waals surface area (Å²) < 4.78 is 5.87. The molecule has 0 unspecified atom stereocenters. The van der Waals surface area contributed by atoms with Crippen molar-refractivity contribution >= 4 is 29.2 Å². The Balaban J connectivity index is 1.83. The van der Waals surface area contributed by atoms with Crippen LogP contribution in [0.1, 0.15) is 17.7 Å². The van der Waals surface area contributed by atoms with Gasteiger partial charge in [-0.05, 0) is 29.7 Å². The van der Waals surface area contributed by atoms with Crippen molar-refractivity contribution < 1.29 is 14.3 Å². The van der Waals surface area contributed by atoms with Gasteiger partial charge >= 0.3 is 0 Å². The van der Waals surface area contributed by atoms with Gasteiger partial charge in [0, 0.05) is 17.7 Å². The molecule has 112 valence electrons. The molecule has 2 heterocycles. The molecular weight excluding hydrogens is 298 g/mol. The van der Waals surface area contributed by atoms with Crippen LogP contribution in [-0.2, 0) is 9.59 Å². The van der Waals surface area contributed by atoms with E-state index < -0.39 is 0 Å². The van der Waals surface area contributed by atoms with E-state index in [1.165, 1.54) is 4.90 Å². The number of amides is 2. The van der Waals surface area contributed by atoms with Gasteiger partial charge in [-0.15, -0.1) is 11.3 Å². The molecule has 1 fully saturated rings. The topological polar surface area (TPSA) is 46.6 Å². The average molecular weight is 313 g/mol. The molecule has 22 heavy (non-hydrogen) atoms. The van der Waals surface area contributed by atoms with Crippen molar-refractivity contribution in [3.05, 3.63) is 58.5 Å². The molecule has 2 aromatic rings. The van der Waals surface area contributed by atoms with E-state index in [4.69, 9.17) is 4.74 Å². The van der Waals surface area contributed by atoms with Crippen LogP contribution in [0.15, 0.2) is 53.6 Å². The molecule has 0 bridgehead atoms. The molecule has 3 rings (SSSR count). The summed E-state index contributed by atoms with van der Waals surface area (Å²) in [5, 5.41) is 1.97. The van der Waals surface area contributed by atoms with E-state index in [9.17, 15) is 9.59 Å². The Bertz CT molecular complexity index is 676. The van der Waals surface area contributed by atoms with Crippen LogP contribution in [0.5, 0.6) is 5.75 Å². The Morgan fingerprint density at radius 2 is 1.82 bits per heavy atom. The van der Waals surface area contributed by atoms with Crippen molar-refractivity contribution in [1.82, 2.24) is 4.90 Å². The summed E-state index contributed by atoms with van der Waals surface area (Å²) >= 11 is 1.58. The van der Waals surface area contributed by atoms with E-state index in [1.807, 2.05) is 53.9 Å². The second-order valence-corrected chi connectivity index (χ2v) is 5.89. The number of ether oxygens (including phenoxy) is 1. The molecule has 1 aromatic heterocycles. The Labute approximate surface area is 132 Å². The molecule has 5 heteroatoms. The van der Waals surface area contributed by atoms with Crippen molar-refractivity contribution in [2.45, 2.75) is 12.8 Å². The molecule has 0 radical (unpaired) electrons. The minimum atomic E-state index is -0.140. The summed E-state index contributed by atoms with van der Waals surface area (Å²) in [5.74, 6) is 0.985. The van der Waals surface area contributed by atoms with Crippen molar-refractivity contribution in [2.24, 2.45) is 0 Å². The molecule has 1 saturated heterocycles. The fourth-order valence-electron chi connectivity index (χ4n) is 2.23. The number of likely N-dealkylation sites (tertiary alicyclic amines) is 1. The number of hydrogen-bond donors (Lipinski definition) is 0. The Hall–Kier alpha value is -2.40. The van der Waals surface area contributed by atoms with Gasteiger partial charge in [-0.3, -0.25) is 14.5 Å². The van der Waals surface area contributed by atoms with Gasteiger partial charge in [-0.2, -0.15) is 0 Å². The lowest BCUT2D eigenvalue weighted by Crippen LogP contribution is -2.32. The first kappa shape index (κ1) is 14.5. The first-order valence-electron chi connectivity index (χ1n) is 7.02. The minimum Gasteiger partial charge on any atom is -0.460 e. The first-order valence-corrected chi connectivity index (χ1v) is 7.90. The van der Waals surface area contributed by atoms with Gasteiger partial charge in [0.05, 0.1) is 6.54 Å². The Kier molecular flexibility index (Phi) is 4.34. The molecule has 4 nitrogen and oxygen atoms in total. The molecule has 1 aliphatic heterocycles. The van der Waals surface area contributed by atoms with Crippen molar-refractivity contribution in [3.8, 4) is 5.75 Å². The monoisotopic (exact) mass is 313 g/mol. The molecule has 1 aliphatic rings. The lowest BCUT2D eigenvalue weighted by Gasteiger charge is -2.17. The highest BCUT2D eigenvalue weighted by molar-refractivity contribution is 7.10. The van der Waals surface area contributed by atoms with E-state index in [0.717, 1.165) is 4.88 Å². The number of imide groups is 1. The predicted molar refractivity (Wildman–Crippen MR) is 85.3 cm³/mol. The normalized spacial score (nSPS) is 15.5. The van der Waals surface area contributed by atoms with Gasteiger partial charge < -0.3 is 4.74 Å². The van der Waals surface area contributed by atoms with Crippen molar-refractivity contribution in [3.63, 3.8) is 0 Å². The Morgan fingerprint density at radius 1 is 1.09 bits per heavy atom. The molecule has 0 atom stereocenters. The lowest BCUT2D eigenvalue weighted by molar-refractivity contribution is -0.138. The number of nitrogens with zero attached hydrogens (tertiary/aromatic N) is 1. The van der Waals surface area contributed by atoms with E-state index in [-0.39, 0.29) is 31.2 Å². The minimum absolute atomic E-state index is 0.140. The van der Waals surface area contributed by atoms with Gasteiger partial charge in [0.15, 0.2) is 0 Å². The van der Waals surface area contributed by atoms with Gasteiger partial charge in [0.2, 0.25) is 11.8 Å². The third-order valence-electron chi connectivity index (χ3n) is 3.31. The average Bonchev–Trinajstić information content (AvgIpc) is 3.13. The largest absolute Gasteiger partial charge is 0.460 e. The smallest absolute Gasteiger partial charge is 0.230 e. The number of thiophene rings is 1. The number of rotatable bonds is 5. The highest BCUT2D eigenvalue weighted by Crippen LogP contribution is 2.21. The molecular formula is C17H15NO3S. The van der Waals surface area contributed by atoms with Gasteiger partial charge in [-0.25, -0.2) is 0 Å². The highest BCUT2D eigenvalue weighted by atomic mass is 32.1. The van der Waals surface area contributed by atoms with Crippen molar-refractivity contribution in [2.75, 3.05) is 6.54 Å². The molecule has 2 amide bonds. The fourth-order valence-corrected chi connectivity index (χ4v) is 2.91. The van der Waals surface area contributed by atoms with Gasteiger partial charge in [0.1, 0.15) is 11.5 Å². The molecule has 0 spiro atoms. The summed E-state index contributed by atoms with van der Waals surface area (Å²) in [6.45, 7) is 0.171. The van der Waals surface area contributed by atoms with Crippen LogP contribution in [0.2, 0.25) is 0 Å². The summed E-state index contributed by atoms with van der Waals surface area (Å²) in [4.78, 5) is 25.9. The summed E-state index contributed by atoms with van der Waals surface area (Å²) in [6, 6.07) is 13.3. The van der Waals surface area contributed by atoms with Crippen LogP contribution in [0, 0.1) is 0 Å². The van der Waals surface area contributed by atoms with E-state index in [0.29, 0.717) is 11.5 Å². The SMILES string of the molecule is O=C1CCC(=O)N1C/C(=C/c1cccs1)Oc1ccccc1. The zero-order chi connectivity index (χ0) is 15.4. The second kappa shape index (κ2) is 6.58. The molecule has 0 saturated carbocycles. The van der Waals surface area contributed by atoms with E-state index in [2.05, 4.69) is 0 Å². The molecule has 0 N–H and O–H groups in total. The Morgan fingerprint density at radius 3 is 2.45 bits per heavy atom. The maximum atomic E-state index is 11.8. The van der Waals surface area contributed by atoms with E-state index >= 15 is 0 Å². The van der Waals surface area contributed by atoms with Crippen LogP contribution in [0.3, 0.4) is 0 Å². The lowest BCUT2D eigenvalue weighted by atomic mass is 10.3.